The van der Waals surface area contributed by atoms with E-state index in [-0.39, 0.29) is 11.0 Å². The van der Waals surface area contributed by atoms with Gasteiger partial charge in [-0.05, 0) is 41.7 Å². The van der Waals surface area contributed by atoms with Gasteiger partial charge in [0.25, 0.3) is 5.91 Å². The van der Waals surface area contributed by atoms with E-state index in [2.05, 4.69) is 15.5 Å². The average molecular weight is 337 g/mol. The summed E-state index contributed by atoms with van der Waals surface area (Å²) in [6.45, 7) is 8.10. The van der Waals surface area contributed by atoms with E-state index < -0.39 is 17.8 Å². The number of hydrogen-bond donors (Lipinski definition) is 1. The van der Waals surface area contributed by atoms with Crippen molar-refractivity contribution < 1.29 is 18.0 Å². The quantitative estimate of drug-likeness (QED) is 0.886. The standard InChI is InChI=1S/C17H18F3N3O/c1-10-5-6-12(8-13(10)16(2,3)4)22-15(24)11-7-14(17(18,19)20)23-21-9-11/h5-9H,1-4H3,(H,22,24). The van der Waals surface area contributed by atoms with E-state index in [0.717, 1.165) is 17.3 Å². The van der Waals surface area contributed by atoms with Gasteiger partial charge in [-0.1, -0.05) is 26.8 Å². The van der Waals surface area contributed by atoms with Crippen LogP contribution in [-0.4, -0.2) is 16.1 Å². The molecule has 2 aromatic rings. The maximum Gasteiger partial charge on any atom is 0.435 e. The molecule has 1 heterocycles. The predicted octanol–water partition coefficient (Wildman–Crippen LogP) is 4.35. The summed E-state index contributed by atoms with van der Waals surface area (Å²) < 4.78 is 38.0. The summed E-state index contributed by atoms with van der Waals surface area (Å²) in [5.41, 5.74) is 1.12. The minimum atomic E-state index is -4.65. The van der Waals surface area contributed by atoms with Crippen molar-refractivity contribution in [2.45, 2.75) is 39.3 Å². The first-order chi connectivity index (χ1) is 11.0. The lowest BCUT2D eigenvalue weighted by Gasteiger charge is -2.22. The van der Waals surface area contributed by atoms with Crippen LogP contribution in [0.15, 0.2) is 30.5 Å². The summed E-state index contributed by atoms with van der Waals surface area (Å²) in [5.74, 6) is -0.667. The molecule has 0 atom stereocenters. The van der Waals surface area contributed by atoms with Crippen molar-refractivity contribution in [1.82, 2.24) is 10.2 Å². The van der Waals surface area contributed by atoms with E-state index in [9.17, 15) is 18.0 Å². The molecule has 0 radical (unpaired) electrons. The zero-order chi connectivity index (χ0) is 18.1. The van der Waals surface area contributed by atoms with E-state index in [1.807, 2.05) is 39.8 Å². The first kappa shape index (κ1) is 17.9. The van der Waals surface area contributed by atoms with Crippen LogP contribution < -0.4 is 5.32 Å². The molecule has 2 rings (SSSR count). The summed E-state index contributed by atoms with van der Waals surface area (Å²) in [4.78, 5) is 12.2. The SMILES string of the molecule is Cc1ccc(NC(=O)c2cnnc(C(F)(F)F)c2)cc1C(C)(C)C. The van der Waals surface area contributed by atoms with Crippen molar-refractivity contribution >= 4 is 11.6 Å². The first-order valence-electron chi connectivity index (χ1n) is 7.31. The highest BCUT2D eigenvalue weighted by Gasteiger charge is 2.33. The third-order valence-electron chi connectivity index (χ3n) is 3.51. The number of carbonyl (C=O) groups excluding carboxylic acids is 1. The molecule has 0 bridgehead atoms. The van der Waals surface area contributed by atoms with Gasteiger partial charge in [0.1, 0.15) is 0 Å². The molecule has 0 saturated heterocycles. The molecule has 1 aromatic heterocycles. The Morgan fingerprint density at radius 1 is 1.12 bits per heavy atom. The summed E-state index contributed by atoms with van der Waals surface area (Å²) in [6.07, 6.45) is -3.64. The molecule has 24 heavy (non-hydrogen) atoms. The number of nitrogens with one attached hydrogen (secondary N) is 1. The molecule has 7 heteroatoms. The Hall–Kier alpha value is -2.44. The molecule has 0 aliphatic carbocycles. The van der Waals surface area contributed by atoms with Crippen LogP contribution in [0.3, 0.4) is 0 Å². The largest absolute Gasteiger partial charge is 0.435 e. The summed E-state index contributed by atoms with van der Waals surface area (Å²) >= 11 is 0. The maximum absolute atomic E-state index is 12.7. The van der Waals surface area contributed by atoms with Gasteiger partial charge in [0, 0.05) is 5.69 Å². The highest BCUT2D eigenvalue weighted by atomic mass is 19.4. The van der Waals surface area contributed by atoms with Crippen molar-refractivity contribution in [1.29, 1.82) is 0 Å². The minimum Gasteiger partial charge on any atom is -0.322 e. The van der Waals surface area contributed by atoms with Gasteiger partial charge >= 0.3 is 6.18 Å². The van der Waals surface area contributed by atoms with Crippen molar-refractivity contribution in [3.63, 3.8) is 0 Å². The lowest BCUT2D eigenvalue weighted by Crippen LogP contribution is -2.17. The predicted molar refractivity (Wildman–Crippen MR) is 84.9 cm³/mol. The zero-order valence-corrected chi connectivity index (χ0v) is 13.8. The number of aryl methyl sites for hydroxylation is 1. The van der Waals surface area contributed by atoms with Gasteiger partial charge in [-0.15, -0.1) is 5.10 Å². The molecule has 1 N–H and O–H groups in total. The molecule has 0 aliphatic rings. The number of anilines is 1. The van der Waals surface area contributed by atoms with E-state index in [1.165, 1.54) is 0 Å². The first-order valence-corrected chi connectivity index (χ1v) is 7.31. The van der Waals surface area contributed by atoms with Gasteiger partial charge in [0.15, 0.2) is 5.69 Å². The average Bonchev–Trinajstić information content (AvgIpc) is 2.47. The summed E-state index contributed by atoms with van der Waals surface area (Å²) in [6, 6.07) is 6.08. The van der Waals surface area contributed by atoms with Crippen molar-refractivity contribution in [3.05, 3.63) is 52.8 Å². The Bertz CT molecular complexity index is 764. The number of rotatable bonds is 2. The van der Waals surface area contributed by atoms with Gasteiger partial charge in [0.05, 0.1) is 11.8 Å². The molecule has 0 unspecified atom stereocenters. The second kappa shape index (κ2) is 6.22. The molecule has 128 valence electrons. The van der Waals surface area contributed by atoms with Crippen LogP contribution in [0.25, 0.3) is 0 Å². The fourth-order valence-corrected chi connectivity index (χ4v) is 2.34. The Kier molecular flexibility index (Phi) is 4.64. The zero-order valence-electron chi connectivity index (χ0n) is 13.8. The van der Waals surface area contributed by atoms with Gasteiger partial charge in [-0.3, -0.25) is 4.79 Å². The highest BCUT2D eigenvalue weighted by Crippen LogP contribution is 2.29. The van der Waals surface area contributed by atoms with Crippen molar-refractivity contribution in [2.75, 3.05) is 5.32 Å². The number of aromatic nitrogens is 2. The molecule has 4 nitrogen and oxygen atoms in total. The van der Waals surface area contributed by atoms with E-state index in [1.54, 1.807) is 6.07 Å². The molecule has 1 aromatic carbocycles. The van der Waals surface area contributed by atoms with Crippen LogP contribution in [0.5, 0.6) is 0 Å². The Balaban J connectivity index is 2.28. The molecule has 0 aliphatic heterocycles. The van der Waals surface area contributed by atoms with Gasteiger partial charge < -0.3 is 5.32 Å². The Morgan fingerprint density at radius 3 is 2.38 bits per heavy atom. The van der Waals surface area contributed by atoms with E-state index in [4.69, 9.17) is 0 Å². The van der Waals surface area contributed by atoms with Crippen LogP contribution in [0.1, 0.15) is 48.0 Å². The third kappa shape index (κ3) is 4.10. The Morgan fingerprint density at radius 2 is 1.79 bits per heavy atom. The fraction of sp³-hybridized carbons (Fsp3) is 0.353. The number of nitrogens with zero attached hydrogens (tertiary/aromatic N) is 2. The lowest BCUT2D eigenvalue weighted by atomic mass is 9.84. The van der Waals surface area contributed by atoms with Crippen LogP contribution in [0.4, 0.5) is 18.9 Å². The normalized spacial score (nSPS) is 12.1. The van der Waals surface area contributed by atoms with Crippen LogP contribution in [0.2, 0.25) is 0 Å². The van der Waals surface area contributed by atoms with Crippen LogP contribution in [-0.2, 0) is 11.6 Å². The van der Waals surface area contributed by atoms with Crippen LogP contribution in [0, 0.1) is 6.92 Å². The fourth-order valence-electron chi connectivity index (χ4n) is 2.34. The number of alkyl halides is 3. The van der Waals surface area contributed by atoms with Crippen molar-refractivity contribution in [3.8, 4) is 0 Å². The second-order valence-electron chi connectivity index (χ2n) is 6.56. The summed E-state index contributed by atoms with van der Waals surface area (Å²) in [7, 11) is 0. The number of amides is 1. The van der Waals surface area contributed by atoms with Gasteiger partial charge in [0.2, 0.25) is 0 Å². The lowest BCUT2D eigenvalue weighted by molar-refractivity contribution is -0.141. The Labute approximate surface area is 138 Å². The highest BCUT2D eigenvalue weighted by molar-refractivity contribution is 6.04. The molecular weight excluding hydrogens is 319 g/mol. The number of carbonyl (C=O) groups is 1. The second-order valence-corrected chi connectivity index (χ2v) is 6.56. The van der Waals surface area contributed by atoms with E-state index >= 15 is 0 Å². The third-order valence-corrected chi connectivity index (χ3v) is 3.51. The topological polar surface area (TPSA) is 54.9 Å². The maximum atomic E-state index is 12.7. The van der Waals surface area contributed by atoms with E-state index in [0.29, 0.717) is 11.8 Å². The number of benzene rings is 1. The molecule has 0 fully saturated rings. The smallest absolute Gasteiger partial charge is 0.322 e. The van der Waals surface area contributed by atoms with Gasteiger partial charge in [-0.25, -0.2) is 0 Å². The monoisotopic (exact) mass is 337 g/mol. The van der Waals surface area contributed by atoms with Gasteiger partial charge in [-0.2, -0.15) is 18.3 Å². The molecule has 0 spiro atoms. The molecule has 1 amide bonds. The number of halogens is 3. The molecular formula is C17H18F3N3O. The number of hydrogen-bond acceptors (Lipinski definition) is 3. The van der Waals surface area contributed by atoms with Crippen LogP contribution >= 0.6 is 0 Å². The summed E-state index contributed by atoms with van der Waals surface area (Å²) in [5, 5.41) is 8.86. The molecule has 0 saturated carbocycles. The van der Waals surface area contributed by atoms with Crippen molar-refractivity contribution in [2.24, 2.45) is 0 Å². The minimum absolute atomic E-state index is 0.119.